The van der Waals surface area contributed by atoms with Crippen molar-refractivity contribution < 1.29 is 0 Å². The number of fused-ring (bicyclic) bond motifs is 3. The second-order valence-corrected chi connectivity index (χ2v) is 9.22. The molecule has 0 fully saturated rings. The highest BCUT2D eigenvalue weighted by Gasteiger charge is 2.19. The average Bonchev–Trinajstić information content (AvgIpc) is 3.24. The highest BCUT2D eigenvalue weighted by Crippen LogP contribution is 2.41. The van der Waals surface area contributed by atoms with E-state index in [1.54, 1.807) is 0 Å². The van der Waals surface area contributed by atoms with E-state index in [-0.39, 0.29) is 0 Å². The van der Waals surface area contributed by atoms with E-state index < -0.39 is 0 Å². The summed E-state index contributed by atoms with van der Waals surface area (Å²) in [7, 11) is 0. The quantitative estimate of drug-likeness (QED) is 0.259. The van der Waals surface area contributed by atoms with Crippen molar-refractivity contribution in [3.63, 3.8) is 0 Å². The number of nitrogens with zero attached hydrogens (tertiary/aromatic N) is 1. The van der Waals surface area contributed by atoms with E-state index in [1.807, 2.05) is 0 Å². The molecule has 0 aliphatic rings. The van der Waals surface area contributed by atoms with Gasteiger partial charge in [0.1, 0.15) is 0 Å². The highest BCUT2D eigenvalue weighted by atomic mass is 15.0. The molecular formula is C33H27N. The Labute approximate surface area is 200 Å². The van der Waals surface area contributed by atoms with Gasteiger partial charge in [-0.25, -0.2) is 0 Å². The fourth-order valence-corrected chi connectivity index (χ4v) is 5.08. The van der Waals surface area contributed by atoms with Gasteiger partial charge in [-0.1, -0.05) is 123 Å². The fourth-order valence-electron chi connectivity index (χ4n) is 5.08. The van der Waals surface area contributed by atoms with Crippen molar-refractivity contribution in [2.24, 2.45) is 0 Å². The first-order valence-electron chi connectivity index (χ1n) is 12.0. The molecule has 0 saturated carbocycles. The maximum atomic E-state index is 2.47. The summed E-state index contributed by atoms with van der Waals surface area (Å²) < 4.78 is 2.47. The van der Waals surface area contributed by atoms with E-state index in [0.717, 1.165) is 0 Å². The lowest BCUT2D eigenvalue weighted by Crippen LogP contribution is -1.98. The van der Waals surface area contributed by atoms with Crippen molar-refractivity contribution >= 4 is 21.8 Å². The first kappa shape index (κ1) is 20.5. The van der Waals surface area contributed by atoms with Crippen molar-refractivity contribution in [1.82, 2.24) is 4.57 Å². The molecule has 34 heavy (non-hydrogen) atoms. The van der Waals surface area contributed by atoms with Crippen molar-refractivity contribution in [1.29, 1.82) is 0 Å². The largest absolute Gasteiger partial charge is 0.308 e. The van der Waals surface area contributed by atoms with Crippen LogP contribution in [0.1, 0.15) is 25.3 Å². The molecule has 0 saturated heterocycles. The van der Waals surface area contributed by atoms with E-state index in [2.05, 4.69) is 140 Å². The third-order valence-corrected chi connectivity index (χ3v) is 6.80. The molecule has 6 aromatic rings. The maximum Gasteiger partial charge on any atom is 0.0619 e. The van der Waals surface area contributed by atoms with Crippen molar-refractivity contribution in [2.45, 2.75) is 19.8 Å². The molecule has 5 aromatic carbocycles. The molecule has 0 aliphatic carbocycles. The van der Waals surface area contributed by atoms with Gasteiger partial charge in [-0.15, -0.1) is 0 Å². The standard InChI is InChI=1S/C33H27N/c1-23(2)24-19-21-27(22-20-24)34-32-28(25-11-5-3-6-12-25)15-9-17-30(32)31-18-10-16-29(33(31)34)26-13-7-4-8-14-26/h3-23H,1-2H3. The minimum atomic E-state index is 0.506. The van der Waals surface area contributed by atoms with Crippen LogP contribution in [0.5, 0.6) is 0 Å². The van der Waals surface area contributed by atoms with Crippen LogP contribution in [-0.4, -0.2) is 4.57 Å². The minimum Gasteiger partial charge on any atom is -0.308 e. The Balaban J connectivity index is 1.77. The predicted molar refractivity (Wildman–Crippen MR) is 146 cm³/mol. The Bertz CT molecular complexity index is 1490. The summed E-state index contributed by atoms with van der Waals surface area (Å²) in [5, 5.41) is 2.56. The van der Waals surface area contributed by atoms with Gasteiger partial charge in [-0.3, -0.25) is 0 Å². The minimum absolute atomic E-state index is 0.506. The van der Waals surface area contributed by atoms with Crippen LogP contribution in [0.25, 0.3) is 49.7 Å². The van der Waals surface area contributed by atoms with Gasteiger partial charge in [0.2, 0.25) is 0 Å². The SMILES string of the molecule is CC(C)c1ccc(-n2c3c(-c4ccccc4)cccc3c3cccc(-c4ccccc4)c32)cc1. The van der Waals surface area contributed by atoms with Crippen LogP contribution in [0.2, 0.25) is 0 Å². The van der Waals surface area contributed by atoms with Crippen LogP contribution in [0, 0.1) is 0 Å². The zero-order valence-corrected chi connectivity index (χ0v) is 19.6. The third-order valence-electron chi connectivity index (χ3n) is 6.80. The average molecular weight is 438 g/mol. The normalized spacial score (nSPS) is 11.5. The summed E-state index contributed by atoms with van der Waals surface area (Å²) in [4.78, 5) is 0. The van der Waals surface area contributed by atoms with Gasteiger partial charge < -0.3 is 4.57 Å². The van der Waals surface area contributed by atoms with E-state index in [9.17, 15) is 0 Å². The molecule has 0 unspecified atom stereocenters. The van der Waals surface area contributed by atoms with Crippen molar-refractivity contribution in [2.75, 3.05) is 0 Å². The Morgan fingerprint density at radius 2 is 0.941 bits per heavy atom. The molecule has 0 radical (unpaired) electrons. The summed E-state index contributed by atoms with van der Waals surface area (Å²) in [6, 6.07) is 43.9. The molecule has 1 nitrogen and oxygen atoms in total. The predicted octanol–water partition coefficient (Wildman–Crippen LogP) is 9.24. The molecule has 1 aromatic heterocycles. The van der Waals surface area contributed by atoms with E-state index in [1.165, 1.54) is 55.3 Å². The maximum absolute atomic E-state index is 2.47. The van der Waals surface area contributed by atoms with Gasteiger partial charge >= 0.3 is 0 Å². The molecule has 1 heteroatoms. The number of hydrogen-bond acceptors (Lipinski definition) is 0. The number of para-hydroxylation sites is 2. The van der Waals surface area contributed by atoms with Crippen LogP contribution in [-0.2, 0) is 0 Å². The molecule has 164 valence electrons. The summed E-state index contributed by atoms with van der Waals surface area (Å²) in [6.45, 7) is 4.49. The zero-order valence-electron chi connectivity index (χ0n) is 19.6. The second-order valence-electron chi connectivity index (χ2n) is 9.22. The monoisotopic (exact) mass is 437 g/mol. The van der Waals surface area contributed by atoms with Crippen LogP contribution >= 0.6 is 0 Å². The van der Waals surface area contributed by atoms with E-state index >= 15 is 0 Å². The molecular weight excluding hydrogens is 410 g/mol. The number of rotatable bonds is 4. The first-order chi connectivity index (χ1) is 16.7. The highest BCUT2D eigenvalue weighted by molar-refractivity contribution is 6.17. The second kappa shape index (κ2) is 8.35. The molecule has 0 N–H and O–H groups in total. The van der Waals surface area contributed by atoms with Gasteiger partial charge in [0.15, 0.2) is 0 Å². The Morgan fingerprint density at radius 1 is 0.471 bits per heavy atom. The Hall–Kier alpha value is -4.10. The molecule has 0 atom stereocenters. The van der Waals surface area contributed by atoms with Crippen molar-refractivity contribution in [3.8, 4) is 27.9 Å². The summed E-state index contributed by atoms with van der Waals surface area (Å²) in [6.07, 6.45) is 0. The number of benzene rings is 5. The lowest BCUT2D eigenvalue weighted by molar-refractivity contribution is 0.866. The summed E-state index contributed by atoms with van der Waals surface area (Å²) in [5.74, 6) is 0.506. The Kier molecular flexibility index (Phi) is 5.04. The van der Waals surface area contributed by atoms with Gasteiger partial charge in [0.05, 0.1) is 11.0 Å². The third kappa shape index (κ3) is 3.33. The zero-order chi connectivity index (χ0) is 23.1. The number of aromatic nitrogens is 1. The topological polar surface area (TPSA) is 4.93 Å². The van der Waals surface area contributed by atoms with Gasteiger partial charge in [-0.05, 0) is 34.7 Å². The van der Waals surface area contributed by atoms with Gasteiger partial charge in [-0.2, -0.15) is 0 Å². The molecule has 0 spiro atoms. The van der Waals surface area contributed by atoms with Crippen LogP contribution in [0.15, 0.2) is 121 Å². The molecule has 0 amide bonds. The molecule has 1 heterocycles. The summed E-state index contributed by atoms with van der Waals surface area (Å²) in [5.41, 5.74) is 10.0. The fraction of sp³-hybridized carbons (Fsp3) is 0.0909. The van der Waals surface area contributed by atoms with Gasteiger partial charge in [0, 0.05) is 27.6 Å². The van der Waals surface area contributed by atoms with Crippen LogP contribution in [0.4, 0.5) is 0 Å². The lowest BCUT2D eigenvalue weighted by atomic mass is 10.0. The first-order valence-corrected chi connectivity index (χ1v) is 12.0. The molecule has 0 aliphatic heterocycles. The lowest BCUT2D eigenvalue weighted by Gasteiger charge is -2.15. The smallest absolute Gasteiger partial charge is 0.0619 e. The number of hydrogen-bond donors (Lipinski definition) is 0. The van der Waals surface area contributed by atoms with Crippen LogP contribution < -0.4 is 0 Å². The summed E-state index contributed by atoms with van der Waals surface area (Å²) >= 11 is 0. The molecule has 0 bridgehead atoms. The van der Waals surface area contributed by atoms with Gasteiger partial charge in [0.25, 0.3) is 0 Å². The molecule has 6 rings (SSSR count). The van der Waals surface area contributed by atoms with Crippen molar-refractivity contribution in [3.05, 3.63) is 127 Å². The Morgan fingerprint density at radius 3 is 1.38 bits per heavy atom. The van der Waals surface area contributed by atoms with E-state index in [4.69, 9.17) is 0 Å². The van der Waals surface area contributed by atoms with Crippen LogP contribution in [0.3, 0.4) is 0 Å². The van der Waals surface area contributed by atoms with E-state index in [0.29, 0.717) is 5.92 Å².